The summed E-state index contributed by atoms with van der Waals surface area (Å²) < 4.78 is 1.17. The van der Waals surface area contributed by atoms with Gasteiger partial charge >= 0.3 is 0 Å². The topological polar surface area (TPSA) is 87.5 Å². The standard InChI is InChI=1S/C24H20N4O3/c1-2-27-20-15-9-7-13-18(20)24(31,23(27)30)26-28-21(16-10-4-3-5-11-16)25-19-14-8-6-12-17(19)22(28)29/h3-15,26,31H,2H2,1H3/t24-/m0/s1. The number of aromatic nitrogens is 2. The molecule has 5 rings (SSSR count). The van der Waals surface area contributed by atoms with Crippen molar-refractivity contribution >= 4 is 22.5 Å². The predicted octanol–water partition coefficient (Wildman–Crippen LogP) is 2.82. The van der Waals surface area contributed by atoms with Gasteiger partial charge in [0, 0.05) is 17.7 Å². The van der Waals surface area contributed by atoms with E-state index in [4.69, 9.17) is 0 Å². The first kappa shape index (κ1) is 19.0. The van der Waals surface area contributed by atoms with Crippen LogP contribution < -0.4 is 15.9 Å². The number of benzene rings is 3. The number of carbonyl (C=O) groups is 1. The Bertz CT molecular complexity index is 1370. The smallest absolute Gasteiger partial charge is 0.286 e. The van der Waals surface area contributed by atoms with Crippen LogP contribution in [0.4, 0.5) is 5.69 Å². The summed E-state index contributed by atoms with van der Waals surface area (Å²) in [4.78, 5) is 32.8. The van der Waals surface area contributed by atoms with E-state index in [1.165, 1.54) is 9.58 Å². The maximum absolute atomic E-state index is 13.4. The first-order chi connectivity index (χ1) is 15.0. The first-order valence-electron chi connectivity index (χ1n) is 10.0. The normalized spacial score (nSPS) is 17.7. The van der Waals surface area contributed by atoms with Crippen LogP contribution in [-0.2, 0) is 10.5 Å². The Labute approximate surface area is 178 Å². The van der Waals surface area contributed by atoms with Gasteiger partial charge in [-0.2, -0.15) is 0 Å². The number of aliphatic hydroxyl groups is 1. The zero-order chi connectivity index (χ0) is 21.6. The molecule has 0 spiro atoms. The highest BCUT2D eigenvalue weighted by atomic mass is 16.3. The molecule has 0 fully saturated rings. The van der Waals surface area contributed by atoms with Crippen molar-refractivity contribution in [3.63, 3.8) is 0 Å². The monoisotopic (exact) mass is 412 g/mol. The number of hydrogen-bond acceptors (Lipinski definition) is 5. The van der Waals surface area contributed by atoms with Gasteiger partial charge in [0.2, 0.25) is 0 Å². The Morgan fingerprint density at radius 1 is 0.935 bits per heavy atom. The largest absolute Gasteiger partial charge is 0.358 e. The van der Waals surface area contributed by atoms with Gasteiger partial charge in [0.15, 0.2) is 5.82 Å². The van der Waals surface area contributed by atoms with E-state index >= 15 is 0 Å². The van der Waals surface area contributed by atoms with E-state index in [1.54, 1.807) is 42.5 Å². The molecular weight excluding hydrogens is 392 g/mol. The molecule has 0 saturated carbocycles. The van der Waals surface area contributed by atoms with E-state index < -0.39 is 17.2 Å². The number of hydrogen-bond donors (Lipinski definition) is 2. The predicted molar refractivity (Wildman–Crippen MR) is 119 cm³/mol. The van der Waals surface area contributed by atoms with Crippen molar-refractivity contribution in [3.05, 3.63) is 94.8 Å². The van der Waals surface area contributed by atoms with Crippen molar-refractivity contribution in [3.8, 4) is 11.4 Å². The number of carbonyl (C=O) groups excluding carboxylic acids is 1. The number of para-hydroxylation sites is 2. The fraction of sp³-hybridized carbons (Fsp3) is 0.125. The number of nitrogens with zero attached hydrogens (tertiary/aromatic N) is 3. The molecule has 2 heterocycles. The number of amides is 1. The number of fused-ring (bicyclic) bond motifs is 2. The van der Waals surface area contributed by atoms with Gasteiger partial charge in [0.1, 0.15) is 0 Å². The fourth-order valence-corrected chi connectivity index (χ4v) is 4.04. The van der Waals surface area contributed by atoms with Crippen molar-refractivity contribution in [1.82, 2.24) is 9.66 Å². The van der Waals surface area contributed by atoms with Gasteiger partial charge in [-0.1, -0.05) is 60.7 Å². The molecular formula is C24H20N4O3. The lowest BCUT2D eigenvalue weighted by atomic mass is 10.1. The highest BCUT2D eigenvalue weighted by Crippen LogP contribution is 2.39. The van der Waals surface area contributed by atoms with E-state index in [0.29, 0.717) is 40.1 Å². The summed E-state index contributed by atoms with van der Waals surface area (Å²) in [7, 11) is 0. The van der Waals surface area contributed by atoms with Crippen LogP contribution in [0, 0.1) is 0 Å². The van der Waals surface area contributed by atoms with Gasteiger partial charge in [-0.3, -0.25) is 15.0 Å². The second-order valence-corrected chi connectivity index (χ2v) is 7.35. The highest BCUT2D eigenvalue weighted by Gasteiger charge is 2.50. The van der Waals surface area contributed by atoms with Crippen LogP contribution in [-0.4, -0.2) is 27.2 Å². The van der Waals surface area contributed by atoms with Crippen molar-refractivity contribution in [1.29, 1.82) is 0 Å². The van der Waals surface area contributed by atoms with E-state index in [9.17, 15) is 14.7 Å². The molecule has 1 aliphatic heterocycles. The van der Waals surface area contributed by atoms with Gasteiger partial charge in [-0.15, -0.1) is 0 Å². The van der Waals surface area contributed by atoms with Crippen LogP contribution in [0.25, 0.3) is 22.3 Å². The highest BCUT2D eigenvalue weighted by molar-refractivity contribution is 6.07. The maximum atomic E-state index is 13.4. The molecule has 1 aliphatic rings. The Morgan fingerprint density at radius 2 is 1.61 bits per heavy atom. The lowest BCUT2D eigenvalue weighted by Gasteiger charge is -2.27. The SMILES string of the molecule is CCN1C(=O)[C@](O)(Nn2c(-c3ccccc3)nc3ccccc3c2=O)c2ccccc21. The van der Waals surface area contributed by atoms with Gasteiger partial charge < -0.3 is 10.0 Å². The van der Waals surface area contributed by atoms with E-state index in [1.807, 2.05) is 43.3 Å². The molecule has 4 aromatic rings. The summed E-state index contributed by atoms with van der Waals surface area (Å²) in [5, 5.41) is 11.9. The molecule has 0 bridgehead atoms. The minimum absolute atomic E-state index is 0.304. The summed E-state index contributed by atoms with van der Waals surface area (Å²) in [6.45, 7) is 2.22. The number of nitrogens with one attached hydrogen (secondary N) is 1. The van der Waals surface area contributed by atoms with E-state index in [0.717, 1.165) is 0 Å². The molecule has 0 unspecified atom stereocenters. The molecule has 1 atom stereocenters. The molecule has 1 amide bonds. The summed E-state index contributed by atoms with van der Waals surface area (Å²) in [6, 6.07) is 23.2. The molecule has 3 aromatic carbocycles. The second-order valence-electron chi connectivity index (χ2n) is 7.35. The average molecular weight is 412 g/mol. The molecule has 0 radical (unpaired) electrons. The third kappa shape index (κ3) is 2.82. The van der Waals surface area contributed by atoms with E-state index in [2.05, 4.69) is 10.4 Å². The quantitative estimate of drug-likeness (QED) is 0.504. The number of rotatable bonds is 4. The van der Waals surface area contributed by atoms with Crippen LogP contribution in [0.5, 0.6) is 0 Å². The molecule has 0 saturated heterocycles. The fourth-order valence-electron chi connectivity index (χ4n) is 4.04. The molecule has 154 valence electrons. The van der Waals surface area contributed by atoms with Crippen molar-refractivity contribution in [2.75, 3.05) is 16.9 Å². The minimum Gasteiger partial charge on any atom is -0.358 e. The van der Waals surface area contributed by atoms with Crippen LogP contribution in [0.15, 0.2) is 83.7 Å². The molecule has 31 heavy (non-hydrogen) atoms. The van der Waals surface area contributed by atoms with Gasteiger partial charge in [-0.25, -0.2) is 9.66 Å². The molecule has 1 aromatic heterocycles. The van der Waals surface area contributed by atoms with Crippen LogP contribution in [0.2, 0.25) is 0 Å². The number of likely N-dealkylation sites (N-methyl/N-ethyl adjacent to an activating group) is 1. The minimum atomic E-state index is -2.11. The Hall–Kier alpha value is -3.97. The van der Waals surface area contributed by atoms with Crippen molar-refractivity contribution in [2.24, 2.45) is 0 Å². The van der Waals surface area contributed by atoms with Crippen molar-refractivity contribution < 1.29 is 9.90 Å². The Balaban J connectivity index is 1.75. The second kappa shape index (κ2) is 7.07. The first-order valence-corrected chi connectivity index (χ1v) is 10.0. The maximum Gasteiger partial charge on any atom is 0.286 e. The van der Waals surface area contributed by atoms with Crippen molar-refractivity contribution in [2.45, 2.75) is 12.6 Å². The molecule has 7 heteroatoms. The Morgan fingerprint density at radius 3 is 2.39 bits per heavy atom. The average Bonchev–Trinajstić information content (AvgIpc) is 3.02. The van der Waals surface area contributed by atoms with E-state index in [-0.39, 0.29) is 0 Å². The molecule has 2 N–H and O–H groups in total. The Kier molecular flexibility index (Phi) is 4.34. The molecule has 7 nitrogen and oxygen atoms in total. The summed E-state index contributed by atoms with van der Waals surface area (Å²) in [5.41, 5.74) is 2.51. The van der Waals surface area contributed by atoms with Crippen LogP contribution in [0.1, 0.15) is 12.5 Å². The van der Waals surface area contributed by atoms with Gasteiger partial charge in [0.05, 0.1) is 16.6 Å². The lowest BCUT2D eigenvalue weighted by Crippen LogP contribution is -2.52. The molecule has 0 aliphatic carbocycles. The summed E-state index contributed by atoms with van der Waals surface area (Å²) >= 11 is 0. The summed E-state index contributed by atoms with van der Waals surface area (Å²) in [5.74, 6) is -0.242. The zero-order valence-electron chi connectivity index (χ0n) is 16.8. The zero-order valence-corrected chi connectivity index (χ0v) is 16.8. The third-order valence-corrected chi connectivity index (χ3v) is 5.54. The van der Waals surface area contributed by atoms with Gasteiger partial charge in [0.25, 0.3) is 17.2 Å². The number of anilines is 1. The summed E-state index contributed by atoms with van der Waals surface area (Å²) in [6.07, 6.45) is 0. The van der Waals surface area contributed by atoms with Crippen LogP contribution in [0.3, 0.4) is 0 Å². The van der Waals surface area contributed by atoms with Gasteiger partial charge in [-0.05, 0) is 25.1 Å². The third-order valence-electron chi connectivity index (χ3n) is 5.54. The van der Waals surface area contributed by atoms with Crippen LogP contribution >= 0.6 is 0 Å². The lowest BCUT2D eigenvalue weighted by molar-refractivity contribution is -0.134.